The molecule has 186 valence electrons. The number of fused-ring (bicyclic) bond motifs is 1. The molecule has 2 atom stereocenters. The number of hydrogen-bond donors (Lipinski definition) is 1. The number of imide groups is 1. The lowest BCUT2D eigenvalue weighted by Gasteiger charge is -2.28. The van der Waals surface area contributed by atoms with Crippen LogP contribution in [0.1, 0.15) is 36.9 Å². The second-order valence-electron chi connectivity index (χ2n) is 9.36. The summed E-state index contributed by atoms with van der Waals surface area (Å²) >= 11 is 0. The highest BCUT2D eigenvalue weighted by Gasteiger charge is 2.50. The second kappa shape index (κ2) is 9.18. The lowest BCUT2D eigenvalue weighted by Crippen LogP contribution is -2.44. The van der Waals surface area contributed by atoms with Gasteiger partial charge >= 0.3 is 6.03 Å². The van der Waals surface area contributed by atoms with Crippen molar-refractivity contribution in [2.24, 2.45) is 0 Å². The standard InChI is InChI=1S/C28H29N3O5/c1-28(20-11-10-18-7-4-5-8-19(18)15-20)26(33)31(27(34)29-28)17-25(32)30-14-6-9-23(30)22-16-21(35-2)12-13-24(22)36-3/h4-5,7-8,10-13,15-16,23H,6,9,14,17H2,1-3H3,(H,29,34)/t23-,28+/m0/s1. The lowest BCUT2D eigenvalue weighted by atomic mass is 9.90. The molecular formula is C28H29N3O5. The molecule has 2 saturated heterocycles. The summed E-state index contributed by atoms with van der Waals surface area (Å²) in [6.45, 7) is 1.90. The maximum Gasteiger partial charge on any atom is 0.325 e. The minimum atomic E-state index is -1.25. The number of amides is 4. The van der Waals surface area contributed by atoms with Gasteiger partial charge in [-0.1, -0.05) is 36.4 Å². The van der Waals surface area contributed by atoms with Crippen LogP contribution < -0.4 is 14.8 Å². The van der Waals surface area contributed by atoms with E-state index in [1.807, 2.05) is 60.7 Å². The Kier molecular flexibility index (Phi) is 6.04. The normalized spacial score (nSPS) is 21.7. The molecule has 0 saturated carbocycles. The van der Waals surface area contributed by atoms with E-state index in [4.69, 9.17) is 9.47 Å². The summed E-state index contributed by atoms with van der Waals surface area (Å²) in [6.07, 6.45) is 1.57. The van der Waals surface area contributed by atoms with Crippen molar-refractivity contribution in [1.82, 2.24) is 15.1 Å². The van der Waals surface area contributed by atoms with E-state index in [1.54, 1.807) is 26.0 Å². The molecule has 0 unspecified atom stereocenters. The molecule has 2 fully saturated rings. The van der Waals surface area contributed by atoms with Gasteiger partial charge in [0.2, 0.25) is 5.91 Å². The summed E-state index contributed by atoms with van der Waals surface area (Å²) in [7, 11) is 3.18. The van der Waals surface area contributed by atoms with Gasteiger partial charge in [-0.25, -0.2) is 4.79 Å². The number of urea groups is 1. The van der Waals surface area contributed by atoms with E-state index in [2.05, 4.69) is 5.32 Å². The van der Waals surface area contributed by atoms with Gasteiger partial charge in [-0.15, -0.1) is 0 Å². The van der Waals surface area contributed by atoms with Crippen LogP contribution in [0, 0.1) is 0 Å². The fraction of sp³-hybridized carbons (Fsp3) is 0.321. The largest absolute Gasteiger partial charge is 0.497 e. The molecule has 3 aromatic rings. The molecule has 2 heterocycles. The summed E-state index contributed by atoms with van der Waals surface area (Å²) in [4.78, 5) is 42.6. The number of nitrogens with zero attached hydrogens (tertiary/aromatic N) is 2. The molecule has 0 aliphatic carbocycles. The topological polar surface area (TPSA) is 88.2 Å². The number of rotatable bonds is 6. The van der Waals surface area contributed by atoms with Crippen molar-refractivity contribution in [3.05, 3.63) is 71.8 Å². The highest BCUT2D eigenvalue weighted by atomic mass is 16.5. The van der Waals surface area contributed by atoms with E-state index >= 15 is 0 Å². The van der Waals surface area contributed by atoms with Gasteiger partial charge in [0.05, 0.1) is 20.3 Å². The third-order valence-corrected chi connectivity index (χ3v) is 7.26. The summed E-state index contributed by atoms with van der Waals surface area (Å²) < 4.78 is 10.9. The Balaban J connectivity index is 1.38. The van der Waals surface area contributed by atoms with Crippen LogP contribution in [-0.2, 0) is 15.1 Å². The van der Waals surface area contributed by atoms with Crippen molar-refractivity contribution in [3.8, 4) is 11.5 Å². The average Bonchev–Trinajstić information content (AvgIpc) is 3.47. The second-order valence-corrected chi connectivity index (χ2v) is 9.36. The van der Waals surface area contributed by atoms with E-state index in [0.717, 1.165) is 34.1 Å². The van der Waals surface area contributed by atoms with Gasteiger partial charge in [0.25, 0.3) is 5.91 Å². The molecule has 1 N–H and O–H groups in total. The van der Waals surface area contributed by atoms with E-state index < -0.39 is 17.5 Å². The molecule has 2 aliphatic rings. The summed E-state index contributed by atoms with van der Waals surface area (Å²) in [6, 6.07) is 18.2. The quantitative estimate of drug-likeness (QED) is 0.532. The maximum absolute atomic E-state index is 13.5. The zero-order chi connectivity index (χ0) is 25.4. The predicted molar refractivity (Wildman–Crippen MR) is 135 cm³/mol. The molecule has 36 heavy (non-hydrogen) atoms. The zero-order valence-electron chi connectivity index (χ0n) is 20.6. The van der Waals surface area contributed by atoms with E-state index in [-0.39, 0.29) is 18.5 Å². The van der Waals surface area contributed by atoms with E-state index in [1.165, 1.54) is 0 Å². The van der Waals surface area contributed by atoms with Crippen molar-refractivity contribution in [1.29, 1.82) is 0 Å². The fourth-order valence-corrected chi connectivity index (χ4v) is 5.25. The summed E-state index contributed by atoms with van der Waals surface area (Å²) in [5, 5.41) is 4.83. The molecule has 3 aromatic carbocycles. The van der Waals surface area contributed by atoms with Crippen LogP contribution in [0.25, 0.3) is 10.8 Å². The van der Waals surface area contributed by atoms with E-state index in [9.17, 15) is 14.4 Å². The van der Waals surface area contributed by atoms with Gasteiger partial charge in [0.1, 0.15) is 23.6 Å². The molecule has 0 radical (unpaired) electrons. The van der Waals surface area contributed by atoms with Crippen molar-refractivity contribution in [2.45, 2.75) is 31.3 Å². The zero-order valence-corrected chi connectivity index (χ0v) is 20.6. The Morgan fingerprint density at radius 1 is 1.03 bits per heavy atom. The minimum absolute atomic E-state index is 0.227. The molecule has 2 aliphatic heterocycles. The highest BCUT2D eigenvalue weighted by molar-refractivity contribution is 6.09. The van der Waals surface area contributed by atoms with Crippen LogP contribution in [0.15, 0.2) is 60.7 Å². The molecular weight excluding hydrogens is 458 g/mol. The molecule has 8 heteroatoms. The Morgan fingerprint density at radius 3 is 2.56 bits per heavy atom. The van der Waals surface area contributed by atoms with Gasteiger partial charge in [0, 0.05) is 12.1 Å². The number of methoxy groups -OCH3 is 2. The van der Waals surface area contributed by atoms with Crippen LogP contribution in [0.2, 0.25) is 0 Å². The van der Waals surface area contributed by atoms with Gasteiger partial charge in [-0.3, -0.25) is 14.5 Å². The Labute approximate surface area is 209 Å². The number of carbonyl (C=O) groups excluding carboxylic acids is 3. The van der Waals surface area contributed by atoms with Crippen molar-refractivity contribution in [3.63, 3.8) is 0 Å². The molecule has 4 amide bonds. The third-order valence-electron chi connectivity index (χ3n) is 7.26. The van der Waals surface area contributed by atoms with Crippen LogP contribution in [0.3, 0.4) is 0 Å². The maximum atomic E-state index is 13.5. The smallest absolute Gasteiger partial charge is 0.325 e. The third kappa shape index (κ3) is 3.92. The number of likely N-dealkylation sites (tertiary alicyclic amines) is 1. The first kappa shape index (κ1) is 23.7. The minimum Gasteiger partial charge on any atom is -0.497 e. The first-order chi connectivity index (χ1) is 17.4. The number of benzene rings is 3. The number of carbonyl (C=O) groups is 3. The SMILES string of the molecule is COc1ccc(OC)c([C@@H]2CCCN2C(=O)CN2C(=O)N[C@](C)(c3ccc4ccccc4c3)C2=O)c1. The Bertz CT molecular complexity index is 1360. The first-order valence-corrected chi connectivity index (χ1v) is 12.0. The monoisotopic (exact) mass is 487 g/mol. The molecule has 5 rings (SSSR count). The average molecular weight is 488 g/mol. The summed E-state index contributed by atoms with van der Waals surface area (Å²) in [5.41, 5.74) is 0.275. The van der Waals surface area contributed by atoms with Crippen molar-refractivity contribution >= 4 is 28.6 Å². The number of hydrogen-bond acceptors (Lipinski definition) is 5. The number of nitrogens with one attached hydrogen (secondary N) is 1. The van der Waals surface area contributed by atoms with Crippen molar-refractivity contribution in [2.75, 3.05) is 27.3 Å². The Hall–Kier alpha value is -4.07. The lowest BCUT2D eigenvalue weighted by molar-refractivity contribution is -0.139. The van der Waals surface area contributed by atoms with Crippen LogP contribution >= 0.6 is 0 Å². The van der Waals surface area contributed by atoms with Crippen LogP contribution in [0.5, 0.6) is 11.5 Å². The van der Waals surface area contributed by atoms with Gasteiger partial charge in [-0.2, -0.15) is 0 Å². The Morgan fingerprint density at radius 2 is 1.81 bits per heavy atom. The van der Waals surface area contributed by atoms with Gasteiger partial charge in [0.15, 0.2) is 0 Å². The molecule has 0 spiro atoms. The van der Waals surface area contributed by atoms with Crippen molar-refractivity contribution < 1.29 is 23.9 Å². The predicted octanol–water partition coefficient (Wildman–Crippen LogP) is 3.99. The van der Waals surface area contributed by atoms with E-state index in [0.29, 0.717) is 23.6 Å². The van der Waals surface area contributed by atoms with Crippen LogP contribution in [0.4, 0.5) is 4.79 Å². The molecule has 0 bridgehead atoms. The molecule has 8 nitrogen and oxygen atoms in total. The summed E-state index contributed by atoms with van der Waals surface area (Å²) in [5.74, 6) is 0.615. The van der Waals surface area contributed by atoms with Crippen LogP contribution in [-0.4, -0.2) is 55.0 Å². The highest BCUT2D eigenvalue weighted by Crippen LogP contribution is 2.39. The molecule has 0 aromatic heterocycles. The fourth-order valence-electron chi connectivity index (χ4n) is 5.25. The van der Waals surface area contributed by atoms with Gasteiger partial charge < -0.3 is 19.7 Å². The van der Waals surface area contributed by atoms with Gasteiger partial charge in [-0.05, 0) is 60.4 Å². The number of ether oxygens (including phenoxy) is 2. The first-order valence-electron chi connectivity index (χ1n) is 12.0.